The predicted molar refractivity (Wildman–Crippen MR) is 80.1 cm³/mol. The zero-order valence-electron chi connectivity index (χ0n) is 11.1. The lowest BCUT2D eigenvalue weighted by atomic mass is 9.89. The van der Waals surface area contributed by atoms with E-state index in [-0.39, 0.29) is 0 Å². The minimum atomic E-state index is 0.572. The molecule has 0 radical (unpaired) electrons. The first-order valence-electron chi connectivity index (χ1n) is 6.93. The molecule has 2 aromatic rings. The number of halogens is 1. The molecule has 1 fully saturated rings. The van der Waals surface area contributed by atoms with Crippen molar-refractivity contribution in [2.45, 2.75) is 44.9 Å². The maximum atomic E-state index is 4.72. The Balaban J connectivity index is 1.90. The summed E-state index contributed by atoms with van der Waals surface area (Å²) in [6.07, 6.45) is 6.48. The molecule has 1 N–H and O–H groups in total. The fraction of sp³-hybridized carbons (Fsp3) is 0.467. The summed E-state index contributed by atoms with van der Waals surface area (Å²) in [6, 6.07) is 6.16. The van der Waals surface area contributed by atoms with Gasteiger partial charge in [0.05, 0.1) is 0 Å². The second kappa shape index (κ2) is 5.45. The van der Waals surface area contributed by atoms with Crippen molar-refractivity contribution in [2.75, 3.05) is 0 Å². The van der Waals surface area contributed by atoms with E-state index in [1.54, 1.807) is 0 Å². The van der Waals surface area contributed by atoms with Crippen LogP contribution >= 0.6 is 15.9 Å². The number of rotatable bonds is 2. The summed E-state index contributed by atoms with van der Waals surface area (Å²) in [6.45, 7) is 2.09. The van der Waals surface area contributed by atoms with Gasteiger partial charge in [-0.25, -0.2) is 4.98 Å². The first-order valence-corrected chi connectivity index (χ1v) is 7.73. The van der Waals surface area contributed by atoms with Crippen LogP contribution in [0.3, 0.4) is 0 Å². The molecule has 1 aromatic carbocycles. The first kappa shape index (κ1) is 12.9. The molecule has 0 saturated heterocycles. The minimum Gasteiger partial charge on any atom is -0.262 e. The average Bonchev–Trinajstić information content (AvgIpc) is 2.92. The second-order valence-electron chi connectivity index (χ2n) is 5.29. The number of benzene rings is 1. The number of aromatic nitrogens is 3. The first-order chi connectivity index (χ1) is 9.25. The summed E-state index contributed by atoms with van der Waals surface area (Å²) in [5.74, 6) is 2.45. The fourth-order valence-electron chi connectivity index (χ4n) is 2.80. The molecule has 0 unspecified atom stereocenters. The summed E-state index contributed by atoms with van der Waals surface area (Å²) in [7, 11) is 0. The predicted octanol–water partition coefficient (Wildman–Crippen LogP) is 4.59. The van der Waals surface area contributed by atoms with Crippen LogP contribution in [0.5, 0.6) is 0 Å². The lowest BCUT2D eigenvalue weighted by Crippen LogP contribution is -2.06. The summed E-state index contributed by atoms with van der Waals surface area (Å²) >= 11 is 3.56. The van der Waals surface area contributed by atoms with Gasteiger partial charge in [-0.05, 0) is 31.4 Å². The van der Waals surface area contributed by atoms with Gasteiger partial charge in [-0.2, -0.15) is 5.10 Å². The topological polar surface area (TPSA) is 41.6 Å². The van der Waals surface area contributed by atoms with Crippen LogP contribution in [-0.4, -0.2) is 15.2 Å². The van der Waals surface area contributed by atoms with E-state index in [1.165, 1.54) is 37.7 Å². The van der Waals surface area contributed by atoms with Crippen LogP contribution in [-0.2, 0) is 0 Å². The van der Waals surface area contributed by atoms with Gasteiger partial charge in [0.15, 0.2) is 5.82 Å². The number of nitrogens with zero attached hydrogens (tertiary/aromatic N) is 2. The zero-order valence-corrected chi connectivity index (χ0v) is 12.7. The van der Waals surface area contributed by atoms with E-state index in [0.29, 0.717) is 5.92 Å². The van der Waals surface area contributed by atoms with Gasteiger partial charge < -0.3 is 0 Å². The van der Waals surface area contributed by atoms with Crippen LogP contribution in [0.1, 0.15) is 49.4 Å². The largest absolute Gasteiger partial charge is 0.262 e. The van der Waals surface area contributed by atoms with E-state index >= 15 is 0 Å². The standard InChI is InChI=1S/C15H18BrN3/c1-10-12(8-5-9-13(10)16)15-17-14(18-19-15)11-6-3-2-4-7-11/h5,8-9,11H,2-4,6-7H2,1H3,(H,17,18,19). The summed E-state index contributed by atoms with van der Waals surface area (Å²) in [5, 5.41) is 7.55. The van der Waals surface area contributed by atoms with E-state index in [2.05, 4.69) is 39.1 Å². The molecule has 1 aromatic heterocycles. The number of hydrogen-bond donors (Lipinski definition) is 1. The van der Waals surface area contributed by atoms with E-state index in [0.717, 1.165) is 21.7 Å². The SMILES string of the molecule is Cc1c(Br)cccc1-c1n[nH]c(C2CCCCC2)n1. The van der Waals surface area contributed by atoms with Gasteiger partial charge in [-0.15, -0.1) is 0 Å². The number of hydrogen-bond acceptors (Lipinski definition) is 2. The van der Waals surface area contributed by atoms with E-state index in [4.69, 9.17) is 4.98 Å². The smallest absolute Gasteiger partial charge is 0.181 e. The maximum Gasteiger partial charge on any atom is 0.181 e. The van der Waals surface area contributed by atoms with Crippen molar-refractivity contribution in [3.8, 4) is 11.4 Å². The normalized spacial score (nSPS) is 16.7. The molecule has 1 aliphatic carbocycles. The Kier molecular flexibility index (Phi) is 3.69. The van der Waals surface area contributed by atoms with Gasteiger partial charge in [0.25, 0.3) is 0 Å². The molecule has 4 heteroatoms. The Hall–Kier alpha value is -1.16. The van der Waals surface area contributed by atoms with Crippen molar-refractivity contribution in [2.24, 2.45) is 0 Å². The molecule has 1 heterocycles. The molecule has 3 nitrogen and oxygen atoms in total. The second-order valence-corrected chi connectivity index (χ2v) is 6.15. The average molecular weight is 320 g/mol. The van der Waals surface area contributed by atoms with Crippen LogP contribution in [0, 0.1) is 6.92 Å². The molecule has 0 spiro atoms. The summed E-state index contributed by atoms with van der Waals surface area (Å²) in [5.41, 5.74) is 2.30. The highest BCUT2D eigenvalue weighted by molar-refractivity contribution is 9.10. The fourth-order valence-corrected chi connectivity index (χ4v) is 3.17. The molecule has 100 valence electrons. The van der Waals surface area contributed by atoms with Gasteiger partial charge in [0.2, 0.25) is 0 Å². The van der Waals surface area contributed by atoms with Gasteiger partial charge in [-0.1, -0.05) is 47.3 Å². The van der Waals surface area contributed by atoms with Crippen molar-refractivity contribution in [3.05, 3.63) is 34.1 Å². The lowest BCUT2D eigenvalue weighted by molar-refractivity contribution is 0.429. The molecule has 0 aliphatic heterocycles. The van der Waals surface area contributed by atoms with Crippen LogP contribution in [0.15, 0.2) is 22.7 Å². The van der Waals surface area contributed by atoms with Crippen molar-refractivity contribution in [1.29, 1.82) is 0 Å². The molecule has 0 amide bonds. The lowest BCUT2D eigenvalue weighted by Gasteiger charge is -2.18. The van der Waals surface area contributed by atoms with E-state index in [9.17, 15) is 0 Å². The summed E-state index contributed by atoms with van der Waals surface area (Å²) in [4.78, 5) is 4.72. The van der Waals surface area contributed by atoms with E-state index < -0.39 is 0 Å². The molecule has 0 bridgehead atoms. The highest BCUT2D eigenvalue weighted by Gasteiger charge is 2.20. The van der Waals surface area contributed by atoms with Crippen LogP contribution < -0.4 is 0 Å². The van der Waals surface area contributed by atoms with Gasteiger partial charge in [-0.3, -0.25) is 5.10 Å². The molecule has 3 rings (SSSR count). The Morgan fingerprint density at radius 3 is 2.79 bits per heavy atom. The zero-order chi connectivity index (χ0) is 13.2. The Labute approximate surface area is 122 Å². The van der Waals surface area contributed by atoms with Crippen molar-refractivity contribution in [3.63, 3.8) is 0 Å². The third kappa shape index (κ3) is 2.59. The Morgan fingerprint density at radius 2 is 2.00 bits per heavy atom. The third-order valence-corrected chi connectivity index (χ3v) is 4.86. The third-order valence-electron chi connectivity index (χ3n) is 4.00. The molecule has 1 aliphatic rings. The van der Waals surface area contributed by atoms with E-state index in [1.807, 2.05) is 12.1 Å². The van der Waals surface area contributed by atoms with Crippen molar-refractivity contribution < 1.29 is 0 Å². The quantitative estimate of drug-likeness (QED) is 0.879. The number of aromatic amines is 1. The van der Waals surface area contributed by atoms with Crippen LogP contribution in [0.2, 0.25) is 0 Å². The summed E-state index contributed by atoms with van der Waals surface area (Å²) < 4.78 is 1.11. The Bertz CT molecular complexity index is 571. The van der Waals surface area contributed by atoms with Crippen molar-refractivity contribution in [1.82, 2.24) is 15.2 Å². The molecule has 1 saturated carbocycles. The van der Waals surface area contributed by atoms with Gasteiger partial charge in [0, 0.05) is 16.0 Å². The van der Waals surface area contributed by atoms with Gasteiger partial charge >= 0.3 is 0 Å². The number of nitrogens with one attached hydrogen (secondary N) is 1. The minimum absolute atomic E-state index is 0.572. The van der Waals surface area contributed by atoms with Gasteiger partial charge in [0.1, 0.15) is 5.82 Å². The Morgan fingerprint density at radius 1 is 1.21 bits per heavy atom. The van der Waals surface area contributed by atoms with Crippen molar-refractivity contribution >= 4 is 15.9 Å². The monoisotopic (exact) mass is 319 g/mol. The number of H-pyrrole nitrogens is 1. The molecule has 0 atom stereocenters. The highest BCUT2D eigenvalue weighted by Crippen LogP contribution is 2.32. The van der Waals surface area contributed by atoms with Crippen LogP contribution in [0.4, 0.5) is 0 Å². The maximum absolute atomic E-state index is 4.72. The molecular formula is C15H18BrN3. The molecular weight excluding hydrogens is 302 g/mol. The molecule has 19 heavy (non-hydrogen) atoms. The van der Waals surface area contributed by atoms with Crippen LogP contribution in [0.25, 0.3) is 11.4 Å². The highest BCUT2D eigenvalue weighted by atomic mass is 79.9.